The van der Waals surface area contributed by atoms with Gasteiger partial charge in [0.25, 0.3) is 0 Å². The molecule has 50 heavy (non-hydrogen) atoms. The molecular weight excluding hydrogens is 615 g/mol. The highest BCUT2D eigenvalue weighted by Gasteiger charge is 2.23. The van der Waals surface area contributed by atoms with Crippen LogP contribution in [-0.2, 0) is 0 Å². The fraction of sp³-hybridized carbons (Fsp3) is 0. The molecule has 4 heteroatoms. The minimum absolute atomic E-state index is 0.821. The summed E-state index contributed by atoms with van der Waals surface area (Å²) < 4.78 is 19.6. The van der Waals surface area contributed by atoms with Crippen LogP contribution in [0.3, 0.4) is 0 Å². The van der Waals surface area contributed by atoms with Crippen LogP contribution in [0.4, 0.5) is 17.1 Å². The van der Waals surface area contributed by atoms with E-state index in [1.165, 1.54) is 11.1 Å². The van der Waals surface area contributed by atoms with Gasteiger partial charge in [0.05, 0.1) is 5.39 Å². The van der Waals surface area contributed by atoms with E-state index in [0.29, 0.717) is 0 Å². The predicted octanol–water partition coefficient (Wildman–Crippen LogP) is 13.7. The van der Waals surface area contributed by atoms with Crippen molar-refractivity contribution in [1.82, 2.24) is 0 Å². The Labute approximate surface area is 286 Å². The molecule has 0 aliphatic rings. The Balaban J connectivity index is 1.19. The van der Waals surface area contributed by atoms with E-state index in [4.69, 9.17) is 13.3 Å². The highest BCUT2D eigenvalue weighted by atomic mass is 16.3. The number of anilines is 3. The van der Waals surface area contributed by atoms with Crippen LogP contribution in [-0.4, -0.2) is 0 Å². The predicted molar refractivity (Wildman–Crippen MR) is 206 cm³/mol. The van der Waals surface area contributed by atoms with E-state index in [1.807, 2.05) is 42.5 Å². The quantitative estimate of drug-likeness (QED) is 0.192. The zero-order chi connectivity index (χ0) is 32.8. The molecule has 11 rings (SSSR count). The molecule has 0 spiro atoms. The summed E-state index contributed by atoms with van der Waals surface area (Å²) in [6, 6.07) is 57.1. The van der Waals surface area contributed by atoms with Gasteiger partial charge < -0.3 is 18.2 Å². The number of fused-ring (bicyclic) bond motifs is 13. The molecule has 0 radical (unpaired) electrons. The molecule has 3 aromatic heterocycles. The largest absolute Gasteiger partial charge is 0.456 e. The van der Waals surface area contributed by atoms with Gasteiger partial charge in [-0.25, -0.2) is 0 Å². The number of rotatable bonds is 4. The van der Waals surface area contributed by atoms with Gasteiger partial charge in [0.1, 0.15) is 33.5 Å². The Morgan fingerprint density at radius 1 is 0.300 bits per heavy atom. The van der Waals surface area contributed by atoms with Gasteiger partial charge in [-0.2, -0.15) is 0 Å². The number of benzene rings is 8. The highest BCUT2D eigenvalue weighted by molar-refractivity contribution is 6.33. The average Bonchev–Trinajstić information content (AvgIpc) is 3.87. The third-order valence-corrected chi connectivity index (χ3v) is 10.0. The maximum Gasteiger partial charge on any atom is 0.147 e. The standard InChI is InChI=1S/C46H27NO3/c1-2-10-28(11-3-1)29-18-20-30(21-19-29)47(32-22-24-34-33-12-4-7-15-39(33)48-42(34)27-32)31-23-25-35-38(26-31)45-44(37-14-6-9-17-41(37)49-45)46-43(35)36-13-5-8-16-40(36)50-46/h1-27H. The molecule has 0 saturated heterocycles. The Morgan fingerprint density at radius 3 is 1.56 bits per heavy atom. The summed E-state index contributed by atoms with van der Waals surface area (Å²) in [5, 5.41) is 8.57. The molecule has 3 heterocycles. The third-order valence-electron chi connectivity index (χ3n) is 10.0. The van der Waals surface area contributed by atoms with Crippen LogP contribution in [0.25, 0.3) is 87.7 Å². The fourth-order valence-electron chi connectivity index (χ4n) is 7.76. The Bertz CT molecular complexity index is 3090. The molecular formula is C46H27NO3. The van der Waals surface area contributed by atoms with Crippen LogP contribution >= 0.6 is 0 Å². The summed E-state index contributed by atoms with van der Waals surface area (Å²) in [4.78, 5) is 2.30. The Morgan fingerprint density at radius 2 is 0.820 bits per heavy atom. The minimum atomic E-state index is 0.821. The molecule has 0 aliphatic heterocycles. The van der Waals surface area contributed by atoms with Gasteiger partial charge in [-0.3, -0.25) is 0 Å². The van der Waals surface area contributed by atoms with E-state index < -0.39 is 0 Å². The second-order valence-corrected chi connectivity index (χ2v) is 12.9. The summed E-state index contributed by atoms with van der Waals surface area (Å²) >= 11 is 0. The van der Waals surface area contributed by atoms with Crippen LogP contribution in [0.1, 0.15) is 0 Å². The first-order valence-corrected chi connectivity index (χ1v) is 16.8. The number of para-hydroxylation sites is 3. The monoisotopic (exact) mass is 641 g/mol. The number of hydrogen-bond acceptors (Lipinski definition) is 4. The fourth-order valence-corrected chi connectivity index (χ4v) is 7.76. The van der Waals surface area contributed by atoms with Crippen molar-refractivity contribution in [2.75, 3.05) is 4.90 Å². The van der Waals surface area contributed by atoms with E-state index in [-0.39, 0.29) is 0 Å². The van der Waals surface area contributed by atoms with Crippen molar-refractivity contribution in [3.63, 3.8) is 0 Å². The van der Waals surface area contributed by atoms with Crippen molar-refractivity contribution in [1.29, 1.82) is 0 Å². The second kappa shape index (κ2) is 10.4. The zero-order valence-electron chi connectivity index (χ0n) is 26.8. The number of nitrogens with zero attached hydrogens (tertiary/aromatic N) is 1. The van der Waals surface area contributed by atoms with Crippen molar-refractivity contribution in [2.45, 2.75) is 0 Å². The van der Waals surface area contributed by atoms with E-state index in [0.717, 1.165) is 93.7 Å². The van der Waals surface area contributed by atoms with E-state index in [2.05, 4.69) is 126 Å². The molecule has 11 aromatic rings. The van der Waals surface area contributed by atoms with Gasteiger partial charge in [0.2, 0.25) is 0 Å². The third kappa shape index (κ3) is 3.93. The van der Waals surface area contributed by atoms with Crippen molar-refractivity contribution in [2.24, 2.45) is 0 Å². The summed E-state index contributed by atoms with van der Waals surface area (Å²) in [6.45, 7) is 0. The van der Waals surface area contributed by atoms with E-state index in [1.54, 1.807) is 0 Å². The van der Waals surface area contributed by atoms with Crippen LogP contribution in [0, 0.1) is 0 Å². The molecule has 0 atom stereocenters. The molecule has 234 valence electrons. The van der Waals surface area contributed by atoms with Gasteiger partial charge in [-0.15, -0.1) is 0 Å². The van der Waals surface area contributed by atoms with Crippen molar-refractivity contribution < 1.29 is 13.3 Å². The first-order valence-electron chi connectivity index (χ1n) is 16.8. The summed E-state index contributed by atoms with van der Waals surface area (Å²) in [5.41, 5.74) is 10.5. The normalized spacial score (nSPS) is 12.0. The summed E-state index contributed by atoms with van der Waals surface area (Å²) in [5.74, 6) is 0. The molecule has 0 bridgehead atoms. The molecule has 4 nitrogen and oxygen atoms in total. The van der Waals surface area contributed by atoms with Gasteiger partial charge in [0, 0.05) is 55.4 Å². The van der Waals surface area contributed by atoms with Crippen LogP contribution in [0.15, 0.2) is 177 Å². The van der Waals surface area contributed by atoms with Crippen LogP contribution < -0.4 is 4.90 Å². The van der Waals surface area contributed by atoms with Crippen molar-refractivity contribution in [3.05, 3.63) is 164 Å². The topological polar surface area (TPSA) is 42.7 Å². The molecule has 0 fully saturated rings. The molecule has 0 aliphatic carbocycles. The molecule has 0 unspecified atom stereocenters. The molecule has 8 aromatic carbocycles. The summed E-state index contributed by atoms with van der Waals surface area (Å²) in [7, 11) is 0. The highest BCUT2D eigenvalue weighted by Crippen LogP contribution is 2.47. The SMILES string of the molecule is c1ccc(-c2ccc(N(c3ccc4c(c3)oc3ccccc34)c3ccc4c(c3)c3oc5ccccc5c3c3oc5ccccc5c43)cc2)cc1. The Hall–Kier alpha value is -6.78. The lowest BCUT2D eigenvalue weighted by Gasteiger charge is -2.26. The van der Waals surface area contributed by atoms with Gasteiger partial charge in [-0.1, -0.05) is 103 Å². The van der Waals surface area contributed by atoms with Gasteiger partial charge >= 0.3 is 0 Å². The molecule has 0 N–H and O–H groups in total. The smallest absolute Gasteiger partial charge is 0.147 e. The Kier molecular flexibility index (Phi) is 5.63. The van der Waals surface area contributed by atoms with E-state index >= 15 is 0 Å². The second-order valence-electron chi connectivity index (χ2n) is 12.9. The molecule has 0 saturated carbocycles. The zero-order valence-corrected chi connectivity index (χ0v) is 26.8. The first kappa shape index (κ1) is 27.2. The van der Waals surface area contributed by atoms with E-state index in [9.17, 15) is 0 Å². The van der Waals surface area contributed by atoms with Crippen molar-refractivity contribution in [3.8, 4) is 11.1 Å². The lowest BCUT2D eigenvalue weighted by Crippen LogP contribution is -2.09. The minimum Gasteiger partial charge on any atom is -0.456 e. The molecule has 0 amide bonds. The van der Waals surface area contributed by atoms with Gasteiger partial charge in [-0.05, 0) is 71.1 Å². The number of furan rings is 3. The van der Waals surface area contributed by atoms with Crippen LogP contribution in [0.5, 0.6) is 0 Å². The van der Waals surface area contributed by atoms with Crippen molar-refractivity contribution >= 4 is 93.7 Å². The summed E-state index contributed by atoms with van der Waals surface area (Å²) in [6.07, 6.45) is 0. The van der Waals surface area contributed by atoms with Gasteiger partial charge in [0.15, 0.2) is 0 Å². The van der Waals surface area contributed by atoms with Crippen LogP contribution in [0.2, 0.25) is 0 Å². The first-order chi connectivity index (χ1) is 24.8. The lowest BCUT2D eigenvalue weighted by atomic mass is 9.98. The number of hydrogen-bond donors (Lipinski definition) is 0. The average molecular weight is 642 g/mol. The maximum absolute atomic E-state index is 6.68. The maximum atomic E-state index is 6.68. The lowest BCUT2D eigenvalue weighted by molar-refractivity contribution is 0.665.